The van der Waals surface area contributed by atoms with Crippen molar-refractivity contribution in [3.63, 3.8) is 0 Å². The lowest BCUT2D eigenvalue weighted by Crippen LogP contribution is -2.03. The van der Waals surface area contributed by atoms with Gasteiger partial charge < -0.3 is 10.4 Å². The normalized spacial score (nSPS) is 15.4. The molecule has 2 aromatic carbocycles. The minimum atomic E-state index is -0.152. The molecule has 0 saturated heterocycles. The zero-order valence-electron chi connectivity index (χ0n) is 9.85. The van der Waals surface area contributed by atoms with E-state index in [1.807, 2.05) is 24.3 Å². The number of carbonyl (C=O) groups is 1. The number of para-hydroxylation sites is 1. The molecule has 0 saturated carbocycles. The first-order chi connectivity index (χ1) is 9.15. The largest absolute Gasteiger partial charge is 0.507 e. The van der Waals surface area contributed by atoms with E-state index in [0.717, 1.165) is 15.7 Å². The molecule has 0 aliphatic carbocycles. The van der Waals surface area contributed by atoms with Crippen molar-refractivity contribution in [1.29, 1.82) is 0 Å². The van der Waals surface area contributed by atoms with Gasteiger partial charge in [-0.05, 0) is 30.3 Å². The van der Waals surface area contributed by atoms with E-state index in [9.17, 15) is 9.90 Å². The highest BCUT2D eigenvalue weighted by Crippen LogP contribution is 2.34. The van der Waals surface area contributed by atoms with Gasteiger partial charge in [-0.25, -0.2) is 0 Å². The van der Waals surface area contributed by atoms with Crippen molar-refractivity contribution >= 4 is 39.2 Å². The molecule has 1 aliphatic rings. The van der Waals surface area contributed by atoms with Crippen LogP contribution in [0, 0.1) is 0 Å². The highest BCUT2D eigenvalue weighted by atomic mass is 79.9. The lowest BCUT2D eigenvalue weighted by atomic mass is 10.0. The molecule has 2 aromatic rings. The molecule has 0 unspecified atom stereocenters. The predicted molar refractivity (Wildman–Crippen MR) is 78.7 cm³/mol. The Morgan fingerprint density at radius 3 is 2.79 bits per heavy atom. The third-order valence-corrected chi connectivity index (χ3v) is 3.49. The molecule has 0 bridgehead atoms. The van der Waals surface area contributed by atoms with E-state index in [4.69, 9.17) is 0 Å². The number of halogens is 1. The first-order valence-electron chi connectivity index (χ1n) is 5.76. The first-order valence-corrected chi connectivity index (χ1v) is 6.55. The van der Waals surface area contributed by atoms with Crippen molar-refractivity contribution in [2.24, 2.45) is 0 Å². The average molecular weight is 316 g/mol. The number of hydrogen-bond acceptors (Lipinski definition) is 2. The van der Waals surface area contributed by atoms with Crippen LogP contribution in [0.1, 0.15) is 11.1 Å². The van der Waals surface area contributed by atoms with Gasteiger partial charge in [0.2, 0.25) is 0 Å². The molecule has 4 heteroatoms. The van der Waals surface area contributed by atoms with Crippen molar-refractivity contribution in [3.05, 3.63) is 58.1 Å². The average Bonchev–Trinajstić information content (AvgIpc) is 2.71. The van der Waals surface area contributed by atoms with Gasteiger partial charge in [0.25, 0.3) is 5.91 Å². The predicted octanol–water partition coefficient (Wildman–Crippen LogP) is 3.65. The van der Waals surface area contributed by atoms with Crippen LogP contribution in [0.2, 0.25) is 0 Å². The summed E-state index contributed by atoms with van der Waals surface area (Å²) in [6.07, 6.45) is 1.70. The van der Waals surface area contributed by atoms with Crippen molar-refractivity contribution in [1.82, 2.24) is 0 Å². The number of amides is 1. The highest BCUT2D eigenvalue weighted by molar-refractivity contribution is 9.10. The third-order valence-electron chi connectivity index (χ3n) is 3.00. The Hall–Kier alpha value is -2.07. The summed E-state index contributed by atoms with van der Waals surface area (Å²) in [5, 5.41) is 12.6. The van der Waals surface area contributed by atoms with Crippen LogP contribution in [0.25, 0.3) is 11.6 Å². The molecule has 1 aliphatic heterocycles. The number of hydrogen-bond donors (Lipinski definition) is 2. The molecule has 1 amide bonds. The summed E-state index contributed by atoms with van der Waals surface area (Å²) in [6, 6.07) is 12.6. The standard InChI is InChI=1S/C15H10BrNO2/c16-10-5-6-14(18)9(7-10)8-12-11-3-1-2-4-13(11)17-15(12)19/h1-8,18H,(H,17,19)/b12-8-. The zero-order valence-corrected chi connectivity index (χ0v) is 11.4. The summed E-state index contributed by atoms with van der Waals surface area (Å²) >= 11 is 3.35. The monoisotopic (exact) mass is 315 g/mol. The van der Waals surface area contributed by atoms with E-state index >= 15 is 0 Å². The fourth-order valence-corrected chi connectivity index (χ4v) is 2.46. The lowest BCUT2D eigenvalue weighted by molar-refractivity contribution is -0.110. The number of aromatic hydroxyl groups is 1. The van der Waals surface area contributed by atoms with Gasteiger partial charge in [-0.2, -0.15) is 0 Å². The van der Waals surface area contributed by atoms with Gasteiger partial charge in [-0.3, -0.25) is 4.79 Å². The Balaban J connectivity index is 2.14. The molecule has 0 atom stereocenters. The summed E-state index contributed by atoms with van der Waals surface area (Å²) in [4.78, 5) is 12.0. The number of benzene rings is 2. The van der Waals surface area contributed by atoms with Crippen LogP contribution < -0.4 is 5.32 Å². The van der Waals surface area contributed by atoms with E-state index in [2.05, 4.69) is 21.2 Å². The molecule has 94 valence electrons. The summed E-state index contributed by atoms with van der Waals surface area (Å²) in [6.45, 7) is 0. The number of nitrogens with one attached hydrogen (secondary N) is 1. The van der Waals surface area contributed by atoms with Gasteiger partial charge in [0.05, 0.1) is 0 Å². The molecule has 19 heavy (non-hydrogen) atoms. The SMILES string of the molecule is O=C1Nc2ccccc2/C1=C/c1cc(Br)ccc1O. The summed E-state index contributed by atoms with van der Waals surface area (Å²) in [7, 11) is 0. The van der Waals surface area contributed by atoms with Crippen molar-refractivity contribution in [3.8, 4) is 5.75 Å². The van der Waals surface area contributed by atoms with Crippen LogP contribution in [0.5, 0.6) is 5.75 Å². The highest BCUT2D eigenvalue weighted by Gasteiger charge is 2.23. The number of fused-ring (bicyclic) bond motifs is 1. The molecule has 0 spiro atoms. The van der Waals surface area contributed by atoms with Crippen molar-refractivity contribution in [2.45, 2.75) is 0 Å². The van der Waals surface area contributed by atoms with Crippen LogP contribution in [-0.4, -0.2) is 11.0 Å². The number of carbonyl (C=O) groups excluding carboxylic acids is 1. The summed E-state index contributed by atoms with van der Waals surface area (Å²) in [5.74, 6) is -0.00606. The summed E-state index contributed by atoms with van der Waals surface area (Å²) in [5.41, 5.74) is 2.82. The van der Waals surface area contributed by atoms with E-state index in [-0.39, 0.29) is 11.7 Å². The number of anilines is 1. The first kappa shape index (κ1) is 12.0. The molecular weight excluding hydrogens is 306 g/mol. The van der Waals surface area contributed by atoms with E-state index in [1.165, 1.54) is 0 Å². The van der Waals surface area contributed by atoms with E-state index in [1.54, 1.807) is 24.3 Å². The fraction of sp³-hybridized carbons (Fsp3) is 0. The maximum atomic E-state index is 12.0. The Labute approximate surface area is 118 Å². The number of phenolic OH excluding ortho intramolecular Hbond substituents is 1. The second kappa shape index (κ2) is 4.55. The third kappa shape index (κ3) is 2.15. The quantitative estimate of drug-likeness (QED) is 0.789. The minimum Gasteiger partial charge on any atom is -0.507 e. The Bertz CT molecular complexity index is 707. The fourth-order valence-electron chi connectivity index (χ4n) is 2.08. The van der Waals surface area contributed by atoms with Gasteiger partial charge in [0.15, 0.2) is 0 Å². The smallest absolute Gasteiger partial charge is 0.256 e. The van der Waals surface area contributed by atoms with Gasteiger partial charge in [-0.15, -0.1) is 0 Å². The molecule has 0 fully saturated rings. The van der Waals surface area contributed by atoms with Crippen LogP contribution in [0.3, 0.4) is 0 Å². The zero-order chi connectivity index (χ0) is 13.4. The van der Waals surface area contributed by atoms with Crippen LogP contribution in [-0.2, 0) is 4.79 Å². The van der Waals surface area contributed by atoms with Crippen molar-refractivity contribution in [2.75, 3.05) is 5.32 Å². The minimum absolute atomic E-state index is 0.146. The molecule has 3 rings (SSSR count). The second-order valence-electron chi connectivity index (χ2n) is 4.26. The molecule has 0 radical (unpaired) electrons. The van der Waals surface area contributed by atoms with E-state index in [0.29, 0.717) is 11.1 Å². The topological polar surface area (TPSA) is 49.3 Å². The van der Waals surface area contributed by atoms with Crippen molar-refractivity contribution < 1.29 is 9.90 Å². The maximum absolute atomic E-state index is 12.0. The Kier molecular flexibility index (Phi) is 2.87. The Morgan fingerprint density at radius 1 is 1.16 bits per heavy atom. The molecule has 3 nitrogen and oxygen atoms in total. The molecule has 0 aromatic heterocycles. The van der Waals surface area contributed by atoms with Gasteiger partial charge in [0.1, 0.15) is 5.75 Å². The second-order valence-corrected chi connectivity index (χ2v) is 5.18. The maximum Gasteiger partial charge on any atom is 0.256 e. The number of rotatable bonds is 1. The van der Waals surface area contributed by atoms with Gasteiger partial charge in [0, 0.05) is 26.9 Å². The van der Waals surface area contributed by atoms with Crippen LogP contribution in [0.4, 0.5) is 5.69 Å². The molecule has 1 heterocycles. The van der Waals surface area contributed by atoms with Crippen LogP contribution in [0.15, 0.2) is 46.9 Å². The lowest BCUT2D eigenvalue weighted by Gasteiger charge is -2.02. The van der Waals surface area contributed by atoms with Gasteiger partial charge in [-0.1, -0.05) is 34.1 Å². The molecule has 2 N–H and O–H groups in total. The molecular formula is C15H10BrNO2. The van der Waals surface area contributed by atoms with Crippen LogP contribution >= 0.6 is 15.9 Å². The van der Waals surface area contributed by atoms with Gasteiger partial charge >= 0.3 is 0 Å². The van der Waals surface area contributed by atoms with E-state index < -0.39 is 0 Å². The Morgan fingerprint density at radius 2 is 1.95 bits per heavy atom. The summed E-state index contributed by atoms with van der Waals surface area (Å²) < 4.78 is 0.851. The number of phenols is 1.